The van der Waals surface area contributed by atoms with Crippen molar-refractivity contribution in [2.45, 2.75) is 33.0 Å². The molecule has 0 bridgehead atoms. The van der Waals surface area contributed by atoms with Crippen molar-refractivity contribution in [2.24, 2.45) is 0 Å². The molecule has 116 valence electrons. The van der Waals surface area contributed by atoms with Crippen LogP contribution in [0.4, 0.5) is 0 Å². The summed E-state index contributed by atoms with van der Waals surface area (Å²) in [6.45, 7) is 6.88. The maximum Gasteiger partial charge on any atom is 0.276 e. The zero-order chi connectivity index (χ0) is 15.7. The standard InChI is InChI=1S/C17H20N2O3/c1-11-9-19(10-12(2)21-11)17(20)15-13(3)22-16(18-15)14-7-5-4-6-8-14/h4-8,11-12H,9-10H2,1-3H3/t11-,12-/m0/s1. The van der Waals surface area contributed by atoms with Crippen molar-refractivity contribution in [3.8, 4) is 11.5 Å². The second kappa shape index (κ2) is 5.93. The highest BCUT2D eigenvalue weighted by atomic mass is 16.5. The third-order valence-electron chi connectivity index (χ3n) is 3.73. The van der Waals surface area contributed by atoms with Gasteiger partial charge in [-0.3, -0.25) is 4.79 Å². The van der Waals surface area contributed by atoms with E-state index in [0.717, 1.165) is 5.56 Å². The number of morpholine rings is 1. The van der Waals surface area contributed by atoms with Gasteiger partial charge in [-0.05, 0) is 32.9 Å². The fourth-order valence-electron chi connectivity index (χ4n) is 2.79. The molecule has 2 atom stereocenters. The second-order valence-corrected chi connectivity index (χ2v) is 5.76. The molecule has 0 aliphatic carbocycles. The summed E-state index contributed by atoms with van der Waals surface area (Å²) in [6, 6.07) is 9.60. The molecule has 1 aromatic heterocycles. The molecule has 0 saturated carbocycles. The molecule has 1 fully saturated rings. The number of benzene rings is 1. The summed E-state index contributed by atoms with van der Waals surface area (Å²) in [5, 5.41) is 0. The molecule has 5 nitrogen and oxygen atoms in total. The van der Waals surface area contributed by atoms with Crippen molar-refractivity contribution >= 4 is 5.91 Å². The van der Waals surface area contributed by atoms with Gasteiger partial charge in [0, 0.05) is 18.7 Å². The normalized spacial score (nSPS) is 21.9. The fourth-order valence-corrected chi connectivity index (χ4v) is 2.79. The summed E-state index contributed by atoms with van der Waals surface area (Å²) in [4.78, 5) is 18.9. The average Bonchev–Trinajstić information content (AvgIpc) is 2.88. The van der Waals surface area contributed by atoms with Crippen LogP contribution in [-0.4, -0.2) is 41.1 Å². The lowest BCUT2D eigenvalue weighted by Gasteiger charge is -2.34. The highest BCUT2D eigenvalue weighted by molar-refractivity contribution is 5.93. The minimum atomic E-state index is -0.0922. The summed E-state index contributed by atoms with van der Waals surface area (Å²) in [5.74, 6) is 0.942. The maximum atomic E-state index is 12.7. The van der Waals surface area contributed by atoms with E-state index < -0.39 is 0 Å². The predicted molar refractivity (Wildman–Crippen MR) is 82.6 cm³/mol. The monoisotopic (exact) mass is 300 g/mol. The van der Waals surface area contributed by atoms with Crippen LogP contribution in [0.2, 0.25) is 0 Å². The highest BCUT2D eigenvalue weighted by Crippen LogP contribution is 2.23. The number of amides is 1. The zero-order valence-corrected chi connectivity index (χ0v) is 13.1. The van der Waals surface area contributed by atoms with E-state index in [4.69, 9.17) is 9.15 Å². The van der Waals surface area contributed by atoms with Gasteiger partial charge >= 0.3 is 0 Å². The second-order valence-electron chi connectivity index (χ2n) is 5.76. The molecule has 1 amide bonds. The van der Waals surface area contributed by atoms with Crippen LogP contribution >= 0.6 is 0 Å². The van der Waals surface area contributed by atoms with Gasteiger partial charge in [-0.25, -0.2) is 4.98 Å². The number of ether oxygens (including phenoxy) is 1. The predicted octanol–water partition coefficient (Wildman–Crippen LogP) is 2.90. The Morgan fingerprint density at radius 3 is 2.45 bits per heavy atom. The molecule has 0 unspecified atom stereocenters. The molecule has 1 saturated heterocycles. The molecule has 22 heavy (non-hydrogen) atoms. The van der Waals surface area contributed by atoms with Crippen LogP contribution in [0, 0.1) is 6.92 Å². The number of hydrogen-bond acceptors (Lipinski definition) is 4. The van der Waals surface area contributed by atoms with Gasteiger partial charge in [0.25, 0.3) is 5.91 Å². The summed E-state index contributed by atoms with van der Waals surface area (Å²) < 4.78 is 11.3. The van der Waals surface area contributed by atoms with E-state index in [0.29, 0.717) is 30.4 Å². The minimum absolute atomic E-state index is 0.0356. The maximum absolute atomic E-state index is 12.7. The van der Waals surface area contributed by atoms with Gasteiger partial charge in [-0.15, -0.1) is 0 Å². The number of aromatic nitrogens is 1. The SMILES string of the molecule is Cc1oc(-c2ccccc2)nc1C(=O)N1C[C@H](C)O[C@@H](C)C1. The Morgan fingerprint density at radius 2 is 1.82 bits per heavy atom. The van der Waals surface area contributed by atoms with Crippen LogP contribution in [0.3, 0.4) is 0 Å². The van der Waals surface area contributed by atoms with E-state index in [1.165, 1.54) is 0 Å². The molecule has 0 spiro atoms. The van der Waals surface area contributed by atoms with Crippen molar-refractivity contribution in [2.75, 3.05) is 13.1 Å². The quantitative estimate of drug-likeness (QED) is 0.855. The summed E-state index contributed by atoms with van der Waals surface area (Å²) >= 11 is 0. The van der Waals surface area contributed by atoms with Gasteiger partial charge in [-0.1, -0.05) is 18.2 Å². The van der Waals surface area contributed by atoms with Crippen molar-refractivity contribution in [1.29, 1.82) is 0 Å². The largest absolute Gasteiger partial charge is 0.441 e. The first kappa shape index (κ1) is 14.8. The Bertz CT molecular complexity index is 656. The number of carbonyl (C=O) groups excluding carboxylic acids is 1. The topological polar surface area (TPSA) is 55.6 Å². The number of carbonyl (C=O) groups is 1. The molecule has 0 N–H and O–H groups in total. The number of aryl methyl sites for hydroxylation is 1. The van der Waals surface area contributed by atoms with E-state index in [1.807, 2.05) is 44.2 Å². The Balaban J connectivity index is 1.86. The minimum Gasteiger partial charge on any atom is -0.441 e. The molecular weight excluding hydrogens is 280 g/mol. The number of rotatable bonds is 2. The zero-order valence-electron chi connectivity index (χ0n) is 13.1. The Labute approximate surface area is 129 Å². The first-order valence-corrected chi connectivity index (χ1v) is 7.52. The number of nitrogens with zero attached hydrogens (tertiary/aromatic N) is 2. The molecular formula is C17H20N2O3. The highest BCUT2D eigenvalue weighted by Gasteiger charge is 2.29. The van der Waals surface area contributed by atoms with Gasteiger partial charge in [0.15, 0.2) is 5.69 Å². The molecule has 1 aromatic carbocycles. The summed E-state index contributed by atoms with van der Waals surface area (Å²) in [7, 11) is 0. The Kier molecular flexibility index (Phi) is 3.98. The van der Waals surface area contributed by atoms with E-state index >= 15 is 0 Å². The lowest BCUT2D eigenvalue weighted by Crippen LogP contribution is -2.48. The van der Waals surface area contributed by atoms with Crippen molar-refractivity contribution < 1.29 is 13.9 Å². The molecule has 5 heteroatoms. The number of oxazole rings is 1. The van der Waals surface area contributed by atoms with Crippen LogP contribution in [0.25, 0.3) is 11.5 Å². The van der Waals surface area contributed by atoms with Gasteiger partial charge in [-0.2, -0.15) is 0 Å². The van der Waals surface area contributed by atoms with Crippen LogP contribution in [0.15, 0.2) is 34.7 Å². The van der Waals surface area contributed by atoms with Gasteiger partial charge in [0.05, 0.1) is 12.2 Å². The smallest absolute Gasteiger partial charge is 0.276 e. The summed E-state index contributed by atoms with van der Waals surface area (Å²) in [5.41, 5.74) is 1.26. The lowest BCUT2D eigenvalue weighted by atomic mass is 10.2. The molecule has 1 aliphatic heterocycles. The van der Waals surface area contributed by atoms with Crippen molar-refractivity contribution in [1.82, 2.24) is 9.88 Å². The van der Waals surface area contributed by atoms with Crippen LogP contribution in [-0.2, 0) is 4.74 Å². The first-order chi connectivity index (χ1) is 10.5. The van der Waals surface area contributed by atoms with Gasteiger partial charge in [0.2, 0.25) is 5.89 Å². The average molecular weight is 300 g/mol. The first-order valence-electron chi connectivity index (χ1n) is 7.52. The Morgan fingerprint density at radius 1 is 1.18 bits per heavy atom. The summed E-state index contributed by atoms with van der Waals surface area (Å²) in [6.07, 6.45) is 0.0713. The molecule has 2 heterocycles. The van der Waals surface area contributed by atoms with Crippen LogP contribution < -0.4 is 0 Å². The molecule has 3 rings (SSSR count). The molecule has 0 radical (unpaired) electrons. The van der Waals surface area contributed by atoms with Gasteiger partial charge < -0.3 is 14.1 Å². The van der Waals surface area contributed by atoms with E-state index in [-0.39, 0.29) is 18.1 Å². The van der Waals surface area contributed by atoms with E-state index in [9.17, 15) is 4.79 Å². The lowest BCUT2D eigenvalue weighted by molar-refractivity contribution is -0.0587. The van der Waals surface area contributed by atoms with Gasteiger partial charge in [0.1, 0.15) is 5.76 Å². The van der Waals surface area contributed by atoms with Crippen molar-refractivity contribution in [3.05, 3.63) is 41.8 Å². The number of hydrogen-bond donors (Lipinski definition) is 0. The van der Waals surface area contributed by atoms with Crippen molar-refractivity contribution in [3.63, 3.8) is 0 Å². The third kappa shape index (κ3) is 2.90. The molecule has 1 aliphatic rings. The Hall–Kier alpha value is -2.14. The fraction of sp³-hybridized carbons (Fsp3) is 0.412. The molecule has 2 aromatic rings. The van der Waals surface area contributed by atoms with Crippen LogP contribution in [0.5, 0.6) is 0 Å². The van der Waals surface area contributed by atoms with E-state index in [2.05, 4.69) is 4.98 Å². The van der Waals surface area contributed by atoms with Crippen LogP contribution in [0.1, 0.15) is 30.1 Å². The van der Waals surface area contributed by atoms with E-state index in [1.54, 1.807) is 11.8 Å². The third-order valence-corrected chi connectivity index (χ3v) is 3.73.